The van der Waals surface area contributed by atoms with Crippen LogP contribution in [-0.4, -0.2) is 38.4 Å². The van der Waals surface area contributed by atoms with E-state index < -0.39 is 0 Å². The van der Waals surface area contributed by atoms with Gasteiger partial charge in [0.25, 0.3) is 0 Å². The van der Waals surface area contributed by atoms with E-state index in [0.717, 1.165) is 18.4 Å². The van der Waals surface area contributed by atoms with E-state index in [0.29, 0.717) is 18.0 Å². The number of rotatable bonds is 7. The normalized spacial score (nSPS) is 15.8. The van der Waals surface area contributed by atoms with Crippen LogP contribution in [0.2, 0.25) is 0 Å². The van der Waals surface area contributed by atoms with Gasteiger partial charge < -0.3 is 19.9 Å². The summed E-state index contributed by atoms with van der Waals surface area (Å²) in [6.07, 6.45) is 5.15. The summed E-state index contributed by atoms with van der Waals surface area (Å²) in [4.78, 5) is 11.7. The zero-order valence-electron chi connectivity index (χ0n) is 12.4. The van der Waals surface area contributed by atoms with Crippen molar-refractivity contribution in [3.05, 3.63) is 29.8 Å². The number of aliphatic hydroxyl groups excluding tert-OH is 1. The molecule has 2 N–H and O–H groups in total. The SMILES string of the molecule is COc1ccc(/C=C/C(=O)NCC2(CO)CC2)cc1OC. The lowest BCUT2D eigenvalue weighted by Gasteiger charge is -2.11. The molecule has 1 aromatic rings. The molecule has 21 heavy (non-hydrogen) atoms. The Hall–Kier alpha value is -2.01. The van der Waals surface area contributed by atoms with Crippen molar-refractivity contribution >= 4 is 12.0 Å². The fourth-order valence-electron chi connectivity index (χ4n) is 2.03. The first-order chi connectivity index (χ1) is 10.1. The van der Waals surface area contributed by atoms with Crippen LogP contribution in [0.25, 0.3) is 6.08 Å². The summed E-state index contributed by atoms with van der Waals surface area (Å²) in [7, 11) is 3.15. The molecule has 0 aliphatic heterocycles. The highest BCUT2D eigenvalue weighted by molar-refractivity contribution is 5.91. The van der Waals surface area contributed by atoms with E-state index in [1.807, 2.05) is 6.07 Å². The van der Waals surface area contributed by atoms with Crippen LogP contribution < -0.4 is 14.8 Å². The van der Waals surface area contributed by atoms with Crippen molar-refractivity contribution in [3.8, 4) is 11.5 Å². The molecular formula is C16H21NO4. The van der Waals surface area contributed by atoms with Crippen LogP contribution in [0, 0.1) is 5.41 Å². The molecule has 114 valence electrons. The molecule has 1 saturated carbocycles. The topological polar surface area (TPSA) is 67.8 Å². The average molecular weight is 291 g/mol. The van der Waals surface area contributed by atoms with Crippen LogP contribution in [0.1, 0.15) is 18.4 Å². The molecule has 0 spiro atoms. The minimum absolute atomic E-state index is 0.0766. The second-order valence-electron chi connectivity index (χ2n) is 5.32. The largest absolute Gasteiger partial charge is 0.493 e. The maximum atomic E-state index is 11.7. The Morgan fingerprint density at radius 1 is 1.33 bits per heavy atom. The summed E-state index contributed by atoms with van der Waals surface area (Å²) in [5.41, 5.74) is 0.776. The number of aliphatic hydroxyl groups is 1. The number of nitrogens with one attached hydrogen (secondary N) is 1. The van der Waals surface area contributed by atoms with Gasteiger partial charge in [0, 0.05) is 18.0 Å². The highest BCUT2D eigenvalue weighted by Gasteiger charge is 2.41. The Morgan fingerprint density at radius 2 is 2.05 bits per heavy atom. The maximum Gasteiger partial charge on any atom is 0.244 e. The van der Waals surface area contributed by atoms with E-state index >= 15 is 0 Å². The molecule has 0 unspecified atom stereocenters. The summed E-state index contributed by atoms with van der Waals surface area (Å²) in [5, 5.41) is 12.0. The van der Waals surface area contributed by atoms with E-state index in [-0.39, 0.29) is 17.9 Å². The standard InChI is InChI=1S/C16H21NO4/c1-20-13-5-3-12(9-14(13)21-2)4-6-15(19)17-10-16(11-18)7-8-16/h3-6,9,18H,7-8,10-11H2,1-2H3,(H,17,19)/b6-4+. The zero-order valence-corrected chi connectivity index (χ0v) is 12.4. The van der Waals surface area contributed by atoms with Gasteiger partial charge in [-0.05, 0) is 36.6 Å². The van der Waals surface area contributed by atoms with Crippen molar-refractivity contribution in [2.45, 2.75) is 12.8 Å². The Labute approximate surface area is 124 Å². The number of methoxy groups -OCH3 is 2. The van der Waals surface area contributed by atoms with Crippen LogP contribution in [0.5, 0.6) is 11.5 Å². The first-order valence-electron chi connectivity index (χ1n) is 6.91. The highest BCUT2D eigenvalue weighted by atomic mass is 16.5. The molecule has 5 nitrogen and oxygen atoms in total. The summed E-state index contributed by atoms with van der Waals surface area (Å²) in [5.74, 6) is 1.11. The van der Waals surface area contributed by atoms with Gasteiger partial charge in [0.1, 0.15) is 0 Å². The molecule has 1 fully saturated rings. The van der Waals surface area contributed by atoms with Gasteiger partial charge in [0.05, 0.1) is 20.8 Å². The molecule has 1 aliphatic rings. The molecule has 1 aromatic carbocycles. The van der Waals surface area contributed by atoms with Gasteiger partial charge in [0.15, 0.2) is 11.5 Å². The Balaban J connectivity index is 1.92. The number of hydrogen-bond acceptors (Lipinski definition) is 4. The van der Waals surface area contributed by atoms with Crippen molar-refractivity contribution in [1.82, 2.24) is 5.32 Å². The number of ether oxygens (including phenoxy) is 2. The molecule has 5 heteroatoms. The predicted molar refractivity (Wildman–Crippen MR) is 80.3 cm³/mol. The van der Waals surface area contributed by atoms with E-state index in [4.69, 9.17) is 9.47 Å². The number of benzene rings is 1. The van der Waals surface area contributed by atoms with Gasteiger partial charge in [-0.25, -0.2) is 0 Å². The third-order valence-corrected chi connectivity index (χ3v) is 3.76. The van der Waals surface area contributed by atoms with Gasteiger partial charge in [0.2, 0.25) is 5.91 Å². The molecule has 0 radical (unpaired) electrons. The quantitative estimate of drug-likeness (QED) is 0.749. The van der Waals surface area contributed by atoms with E-state index in [1.54, 1.807) is 32.4 Å². The summed E-state index contributed by atoms with van der Waals surface area (Å²) >= 11 is 0. The van der Waals surface area contributed by atoms with Crippen molar-refractivity contribution < 1.29 is 19.4 Å². The van der Waals surface area contributed by atoms with Gasteiger partial charge in [-0.2, -0.15) is 0 Å². The van der Waals surface area contributed by atoms with Gasteiger partial charge in [-0.1, -0.05) is 6.07 Å². The lowest BCUT2D eigenvalue weighted by atomic mass is 10.1. The second kappa shape index (κ2) is 6.63. The van der Waals surface area contributed by atoms with Crippen LogP contribution in [0.4, 0.5) is 0 Å². The van der Waals surface area contributed by atoms with Crippen molar-refractivity contribution in [3.63, 3.8) is 0 Å². The second-order valence-corrected chi connectivity index (χ2v) is 5.32. The number of carbonyl (C=O) groups is 1. The van der Waals surface area contributed by atoms with Crippen LogP contribution in [-0.2, 0) is 4.79 Å². The first kappa shape index (κ1) is 15.4. The Kier molecular flexibility index (Phi) is 4.85. The number of carbonyl (C=O) groups excluding carboxylic acids is 1. The Morgan fingerprint density at radius 3 is 2.62 bits per heavy atom. The average Bonchev–Trinajstić information content (AvgIpc) is 3.31. The van der Waals surface area contributed by atoms with Crippen molar-refractivity contribution in [2.24, 2.45) is 5.41 Å². The molecule has 0 saturated heterocycles. The third-order valence-electron chi connectivity index (χ3n) is 3.76. The molecule has 0 bridgehead atoms. The molecule has 0 aromatic heterocycles. The van der Waals surface area contributed by atoms with Crippen molar-refractivity contribution in [1.29, 1.82) is 0 Å². The molecular weight excluding hydrogens is 270 g/mol. The lowest BCUT2D eigenvalue weighted by molar-refractivity contribution is -0.116. The van der Waals surface area contributed by atoms with E-state index in [9.17, 15) is 9.90 Å². The summed E-state index contributed by atoms with van der Waals surface area (Å²) in [6.45, 7) is 0.658. The van der Waals surface area contributed by atoms with E-state index in [2.05, 4.69) is 5.32 Å². The molecule has 0 heterocycles. The smallest absolute Gasteiger partial charge is 0.244 e. The summed E-state index contributed by atoms with van der Waals surface area (Å²) < 4.78 is 10.4. The van der Waals surface area contributed by atoms with Crippen molar-refractivity contribution in [2.75, 3.05) is 27.4 Å². The van der Waals surface area contributed by atoms with Crippen LogP contribution in [0.15, 0.2) is 24.3 Å². The van der Waals surface area contributed by atoms with Gasteiger partial charge >= 0.3 is 0 Å². The fraction of sp³-hybridized carbons (Fsp3) is 0.438. The minimum atomic E-state index is -0.162. The maximum absolute atomic E-state index is 11.7. The fourth-order valence-corrected chi connectivity index (χ4v) is 2.03. The number of amides is 1. The lowest BCUT2D eigenvalue weighted by Crippen LogP contribution is -2.30. The first-order valence-corrected chi connectivity index (χ1v) is 6.91. The predicted octanol–water partition coefficient (Wildman–Crippen LogP) is 1.61. The molecule has 1 aliphatic carbocycles. The van der Waals surface area contributed by atoms with Crippen LogP contribution >= 0.6 is 0 Å². The minimum Gasteiger partial charge on any atom is -0.493 e. The molecule has 0 atom stereocenters. The highest BCUT2D eigenvalue weighted by Crippen LogP contribution is 2.44. The van der Waals surface area contributed by atoms with Crippen LogP contribution in [0.3, 0.4) is 0 Å². The monoisotopic (exact) mass is 291 g/mol. The third kappa shape index (κ3) is 3.98. The Bertz CT molecular complexity index is 535. The molecule has 2 rings (SSSR count). The van der Waals surface area contributed by atoms with E-state index in [1.165, 1.54) is 6.08 Å². The van der Waals surface area contributed by atoms with Gasteiger partial charge in [-0.3, -0.25) is 4.79 Å². The molecule has 1 amide bonds. The zero-order chi connectivity index (χ0) is 15.3. The summed E-state index contributed by atoms with van der Waals surface area (Å²) in [6, 6.07) is 5.45. The van der Waals surface area contributed by atoms with Gasteiger partial charge in [-0.15, -0.1) is 0 Å². The number of hydrogen-bond donors (Lipinski definition) is 2.